The first-order valence-corrected chi connectivity index (χ1v) is 8.66. The maximum absolute atomic E-state index is 10.7. The molecule has 0 aromatic carbocycles. The summed E-state index contributed by atoms with van der Waals surface area (Å²) in [6, 6.07) is 0. The van der Waals surface area contributed by atoms with Gasteiger partial charge in [0.05, 0.1) is 26.4 Å². The third kappa shape index (κ3) is 27.6. The topological polar surface area (TPSA) is 71.1 Å². The summed E-state index contributed by atoms with van der Waals surface area (Å²) in [5.74, 6) is 0. The molecule has 0 fully saturated rings. The molecule has 130 valence electrons. The summed E-state index contributed by atoms with van der Waals surface area (Å²) in [6.07, 6.45) is 1.76. The van der Waals surface area contributed by atoms with Crippen LogP contribution in [0.1, 0.15) is 40.5 Å². The van der Waals surface area contributed by atoms with Crippen molar-refractivity contribution in [2.45, 2.75) is 40.5 Å². The Morgan fingerprint density at radius 3 is 1.20 bits per heavy atom. The van der Waals surface area contributed by atoms with Crippen LogP contribution < -0.4 is 0 Å². The van der Waals surface area contributed by atoms with Crippen LogP contribution in [0.3, 0.4) is 0 Å². The van der Waals surface area contributed by atoms with Crippen molar-refractivity contribution in [1.82, 2.24) is 0 Å². The first-order valence-electron chi connectivity index (χ1n) is 6.21. The summed E-state index contributed by atoms with van der Waals surface area (Å²) in [5.41, 5.74) is 0. The Kier molecular flexibility index (Phi) is 37.1. The van der Waals surface area contributed by atoms with Crippen molar-refractivity contribution in [3.05, 3.63) is 0 Å². The average molecular weight is 422 g/mol. The molecule has 0 amide bonds. The van der Waals surface area contributed by atoms with E-state index in [0.717, 1.165) is 12.8 Å². The molecule has 0 aromatic rings. The van der Waals surface area contributed by atoms with Gasteiger partial charge in [-0.3, -0.25) is 9.13 Å². The fourth-order valence-electron chi connectivity index (χ4n) is 0.690. The molecule has 0 N–H and O–H groups in total. The van der Waals surface area contributed by atoms with E-state index in [1.54, 1.807) is 13.8 Å². The van der Waals surface area contributed by atoms with E-state index in [0.29, 0.717) is 26.4 Å². The molecule has 0 aliphatic rings. The fourth-order valence-corrected chi connectivity index (χ4v) is 2.07. The van der Waals surface area contributed by atoms with Gasteiger partial charge < -0.3 is 18.1 Å². The first-order chi connectivity index (χ1) is 8.62. The number of hydrogen-bond acceptors (Lipinski definition) is 6. The standard InChI is InChI=1S/C6H15O3P.C4H11O3P.2Co/c1-3-5-8-10(7)9-6-4-2;1-3-6-8(5)7-4-2;;/h10H,3-6H2,1-2H3;8H,3-4H2,1-2H3;;. The van der Waals surface area contributed by atoms with Crippen molar-refractivity contribution in [3.63, 3.8) is 0 Å². The van der Waals surface area contributed by atoms with Crippen molar-refractivity contribution in [2.24, 2.45) is 0 Å². The van der Waals surface area contributed by atoms with E-state index in [-0.39, 0.29) is 33.6 Å². The third-order valence-electron chi connectivity index (χ3n) is 1.37. The molecule has 0 rings (SSSR count). The third-order valence-corrected chi connectivity index (χ3v) is 3.30. The normalized spacial score (nSPS) is 9.50. The van der Waals surface area contributed by atoms with Gasteiger partial charge in [0.1, 0.15) is 0 Å². The molecule has 0 aliphatic carbocycles. The zero-order chi connectivity index (χ0) is 14.2. The second-order valence-corrected chi connectivity index (χ2v) is 5.22. The second-order valence-electron chi connectivity index (χ2n) is 3.06. The Bertz CT molecular complexity index is 204. The molecule has 0 spiro atoms. The van der Waals surface area contributed by atoms with Crippen LogP contribution in [-0.4, -0.2) is 26.4 Å². The molecule has 0 aromatic heterocycles. The van der Waals surface area contributed by atoms with Gasteiger partial charge in [-0.15, -0.1) is 0 Å². The maximum Gasteiger partial charge on any atom is 0.319 e. The molecule has 0 saturated carbocycles. The minimum Gasteiger partial charge on any atom is -0.311 e. The molecule has 20 heavy (non-hydrogen) atoms. The van der Waals surface area contributed by atoms with Crippen molar-refractivity contribution in [3.8, 4) is 0 Å². The van der Waals surface area contributed by atoms with E-state index in [9.17, 15) is 9.13 Å². The van der Waals surface area contributed by atoms with Crippen LogP contribution in [0.2, 0.25) is 0 Å². The molecule has 0 heterocycles. The van der Waals surface area contributed by atoms with Crippen LogP contribution in [0.15, 0.2) is 0 Å². The van der Waals surface area contributed by atoms with Crippen LogP contribution in [0.25, 0.3) is 0 Å². The van der Waals surface area contributed by atoms with Crippen molar-refractivity contribution < 1.29 is 60.8 Å². The van der Waals surface area contributed by atoms with Gasteiger partial charge in [0.2, 0.25) is 0 Å². The molecule has 0 atom stereocenters. The largest absolute Gasteiger partial charge is 0.319 e. The minimum atomic E-state index is -2.16. The van der Waals surface area contributed by atoms with E-state index >= 15 is 0 Å². The molecule has 2 radical (unpaired) electrons. The minimum absolute atomic E-state index is 0. The zero-order valence-electron chi connectivity index (χ0n) is 12.4. The van der Waals surface area contributed by atoms with E-state index < -0.39 is 16.5 Å². The molecule has 6 nitrogen and oxygen atoms in total. The zero-order valence-corrected chi connectivity index (χ0v) is 16.4. The average Bonchev–Trinajstić information content (AvgIpc) is 2.35. The van der Waals surface area contributed by atoms with Gasteiger partial charge in [-0.2, -0.15) is 0 Å². The van der Waals surface area contributed by atoms with Crippen LogP contribution >= 0.6 is 16.5 Å². The van der Waals surface area contributed by atoms with Gasteiger partial charge in [0.25, 0.3) is 0 Å². The molecule has 0 saturated heterocycles. The van der Waals surface area contributed by atoms with Crippen LogP contribution in [0.5, 0.6) is 0 Å². The van der Waals surface area contributed by atoms with Crippen LogP contribution in [0, 0.1) is 0 Å². The van der Waals surface area contributed by atoms with E-state index in [4.69, 9.17) is 9.05 Å². The molecular formula is C10H26Co2O6P2. The van der Waals surface area contributed by atoms with Gasteiger partial charge in [-0.25, -0.2) is 0 Å². The second kappa shape index (κ2) is 25.3. The summed E-state index contributed by atoms with van der Waals surface area (Å²) in [5, 5.41) is 0. The van der Waals surface area contributed by atoms with Crippen LogP contribution in [0.4, 0.5) is 0 Å². The smallest absolute Gasteiger partial charge is 0.311 e. The predicted molar refractivity (Wildman–Crippen MR) is 73.7 cm³/mol. The van der Waals surface area contributed by atoms with Gasteiger partial charge in [0.15, 0.2) is 0 Å². The van der Waals surface area contributed by atoms with Gasteiger partial charge in [-0.1, -0.05) is 13.8 Å². The van der Waals surface area contributed by atoms with Crippen LogP contribution in [-0.2, 0) is 60.8 Å². The van der Waals surface area contributed by atoms with E-state index in [1.165, 1.54) is 0 Å². The molecular weight excluding hydrogens is 396 g/mol. The Morgan fingerprint density at radius 1 is 0.650 bits per heavy atom. The summed E-state index contributed by atoms with van der Waals surface area (Å²) < 4.78 is 39.9. The summed E-state index contributed by atoms with van der Waals surface area (Å²) >= 11 is 0. The first kappa shape index (κ1) is 29.3. The van der Waals surface area contributed by atoms with E-state index in [2.05, 4.69) is 9.05 Å². The number of hydrogen-bond donors (Lipinski definition) is 0. The Balaban J connectivity index is -0.000000119. The quantitative estimate of drug-likeness (QED) is 0.501. The van der Waals surface area contributed by atoms with Crippen molar-refractivity contribution >= 4 is 16.5 Å². The van der Waals surface area contributed by atoms with Crippen molar-refractivity contribution in [2.75, 3.05) is 26.4 Å². The van der Waals surface area contributed by atoms with Gasteiger partial charge >= 0.3 is 16.5 Å². The predicted octanol–water partition coefficient (Wildman–Crippen LogP) is 3.67. The maximum atomic E-state index is 10.7. The van der Waals surface area contributed by atoms with Gasteiger partial charge in [0, 0.05) is 33.6 Å². The van der Waals surface area contributed by atoms with Crippen molar-refractivity contribution in [1.29, 1.82) is 0 Å². The monoisotopic (exact) mass is 422 g/mol. The summed E-state index contributed by atoms with van der Waals surface area (Å²) in [6.45, 7) is 9.46. The molecule has 0 bridgehead atoms. The SMILES string of the molecule is CCCO[PH](=O)OCCC.CCO[PH](=O)OCC.[Co].[Co]. The molecule has 10 heteroatoms. The fraction of sp³-hybridized carbons (Fsp3) is 1.00. The Hall–Kier alpha value is 1.31. The summed E-state index contributed by atoms with van der Waals surface area (Å²) in [7, 11) is -4.31. The molecule has 0 unspecified atom stereocenters. The Labute approximate surface area is 144 Å². The summed E-state index contributed by atoms with van der Waals surface area (Å²) in [4.78, 5) is 0. The van der Waals surface area contributed by atoms with E-state index in [1.807, 2.05) is 13.8 Å². The number of rotatable bonds is 10. The molecule has 0 aliphatic heterocycles. The van der Waals surface area contributed by atoms with Gasteiger partial charge in [-0.05, 0) is 26.7 Å². The Morgan fingerprint density at radius 2 is 0.950 bits per heavy atom.